The Hall–Kier alpha value is -2.30. The standard InChI is InChI=1S/C14H17F3N6OS/c1-9(25-13-22-21-8-23(13)2)12(24)19-6-5-18-11-4-3-10(7-20-11)14(15,16)17/h3-4,7-9H,5-6H2,1-2H3,(H,18,20)(H,19,24). The number of aromatic nitrogens is 4. The van der Waals surface area contributed by atoms with Crippen LogP contribution in [-0.4, -0.2) is 44.0 Å². The van der Waals surface area contributed by atoms with E-state index in [1.807, 2.05) is 0 Å². The Kier molecular flexibility index (Phi) is 6.23. The van der Waals surface area contributed by atoms with E-state index in [-0.39, 0.29) is 11.2 Å². The van der Waals surface area contributed by atoms with Crippen molar-refractivity contribution in [2.75, 3.05) is 18.4 Å². The number of nitrogens with one attached hydrogen (secondary N) is 2. The first-order valence-electron chi connectivity index (χ1n) is 7.33. The van der Waals surface area contributed by atoms with Crippen LogP contribution in [-0.2, 0) is 18.0 Å². The number of aryl methyl sites for hydroxylation is 1. The minimum absolute atomic E-state index is 0.171. The quantitative estimate of drug-likeness (QED) is 0.569. The van der Waals surface area contributed by atoms with Crippen molar-refractivity contribution in [2.24, 2.45) is 7.05 Å². The maximum atomic E-state index is 12.4. The Morgan fingerprint density at radius 2 is 2.12 bits per heavy atom. The molecule has 0 aliphatic carbocycles. The van der Waals surface area contributed by atoms with Crippen molar-refractivity contribution < 1.29 is 18.0 Å². The smallest absolute Gasteiger partial charge is 0.368 e. The van der Waals surface area contributed by atoms with Crippen LogP contribution in [0.4, 0.5) is 19.0 Å². The summed E-state index contributed by atoms with van der Waals surface area (Å²) in [6, 6.07) is 2.20. The lowest BCUT2D eigenvalue weighted by Gasteiger charge is -2.12. The molecular weight excluding hydrogens is 357 g/mol. The molecule has 0 aliphatic rings. The van der Waals surface area contributed by atoms with E-state index in [2.05, 4.69) is 25.8 Å². The minimum Gasteiger partial charge on any atom is -0.368 e. The second-order valence-electron chi connectivity index (χ2n) is 5.13. The lowest BCUT2D eigenvalue weighted by Crippen LogP contribution is -2.34. The predicted molar refractivity (Wildman–Crippen MR) is 87.1 cm³/mol. The van der Waals surface area contributed by atoms with Crippen molar-refractivity contribution in [2.45, 2.75) is 23.5 Å². The van der Waals surface area contributed by atoms with E-state index >= 15 is 0 Å². The first-order chi connectivity index (χ1) is 11.8. The minimum atomic E-state index is -4.41. The van der Waals surface area contributed by atoms with E-state index in [1.165, 1.54) is 17.8 Å². The fourth-order valence-electron chi connectivity index (χ4n) is 1.78. The summed E-state index contributed by atoms with van der Waals surface area (Å²) in [6.07, 6.45) is -2.09. The molecule has 1 atom stereocenters. The normalized spacial score (nSPS) is 12.7. The number of hydrogen-bond donors (Lipinski definition) is 2. The van der Waals surface area contributed by atoms with Crippen molar-refractivity contribution in [3.05, 3.63) is 30.2 Å². The molecule has 2 aromatic heterocycles. The molecule has 0 bridgehead atoms. The SMILES string of the molecule is CC(Sc1nncn1C)C(=O)NCCNc1ccc(C(F)(F)F)cn1. The van der Waals surface area contributed by atoms with E-state index in [9.17, 15) is 18.0 Å². The van der Waals surface area contributed by atoms with Gasteiger partial charge in [-0.3, -0.25) is 4.79 Å². The van der Waals surface area contributed by atoms with Crippen molar-refractivity contribution >= 4 is 23.5 Å². The second kappa shape index (κ2) is 8.19. The fourth-order valence-corrected chi connectivity index (χ4v) is 2.59. The van der Waals surface area contributed by atoms with E-state index in [0.717, 1.165) is 12.3 Å². The maximum Gasteiger partial charge on any atom is 0.417 e. The highest BCUT2D eigenvalue weighted by atomic mass is 32.2. The summed E-state index contributed by atoms with van der Waals surface area (Å²) in [4.78, 5) is 15.7. The molecule has 0 radical (unpaired) electrons. The lowest BCUT2D eigenvalue weighted by molar-refractivity contribution is -0.137. The van der Waals surface area contributed by atoms with E-state index in [1.54, 1.807) is 24.9 Å². The molecule has 7 nitrogen and oxygen atoms in total. The molecule has 25 heavy (non-hydrogen) atoms. The number of amides is 1. The van der Waals surface area contributed by atoms with Gasteiger partial charge in [0, 0.05) is 26.3 Å². The molecule has 2 heterocycles. The molecule has 0 saturated heterocycles. The molecule has 0 aromatic carbocycles. The number of alkyl halides is 3. The monoisotopic (exact) mass is 374 g/mol. The molecule has 0 saturated carbocycles. The molecule has 2 aromatic rings. The zero-order chi connectivity index (χ0) is 18.4. The molecule has 0 aliphatic heterocycles. The highest BCUT2D eigenvalue weighted by molar-refractivity contribution is 8.00. The number of anilines is 1. The Morgan fingerprint density at radius 3 is 2.68 bits per heavy atom. The van der Waals surface area contributed by atoms with Gasteiger partial charge in [-0.1, -0.05) is 11.8 Å². The number of carbonyl (C=O) groups is 1. The molecule has 136 valence electrons. The third kappa shape index (κ3) is 5.62. The van der Waals surface area contributed by atoms with Gasteiger partial charge in [-0.15, -0.1) is 10.2 Å². The van der Waals surface area contributed by atoms with Crippen LogP contribution in [0.5, 0.6) is 0 Å². The van der Waals surface area contributed by atoms with Crippen molar-refractivity contribution in [1.29, 1.82) is 0 Å². The topological polar surface area (TPSA) is 84.7 Å². The van der Waals surface area contributed by atoms with Gasteiger partial charge in [0.1, 0.15) is 12.1 Å². The average molecular weight is 374 g/mol. The molecule has 2 rings (SSSR count). The summed E-state index contributed by atoms with van der Waals surface area (Å²) in [6.45, 7) is 2.40. The number of nitrogens with zero attached hydrogens (tertiary/aromatic N) is 4. The fraction of sp³-hybridized carbons (Fsp3) is 0.429. The summed E-state index contributed by atoms with van der Waals surface area (Å²) in [5.74, 6) is 0.138. The number of hydrogen-bond acceptors (Lipinski definition) is 6. The summed E-state index contributed by atoms with van der Waals surface area (Å²) in [5, 5.41) is 13.5. The van der Waals surface area contributed by atoms with Gasteiger partial charge < -0.3 is 15.2 Å². The first-order valence-corrected chi connectivity index (χ1v) is 8.21. The Labute approximate surface area is 146 Å². The second-order valence-corrected chi connectivity index (χ2v) is 6.44. The Bertz CT molecular complexity index is 703. The Balaban J connectivity index is 1.71. The molecule has 0 spiro atoms. The van der Waals surface area contributed by atoms with Crippen LogP contribution in [0.2, 0.25) is 0 Å². The number of rotatable bonds is 7. The van der Waals surface area contributed by atoms with Gasteiger partial charge in [0.25, 0.3) is 0 Å². The van der Waals surface area contributed by atoms with Crippen molar-refractivity contribution in [1.82, 2.24) is 25.1 Å². The van der Waals surface area contributed by atoms with Crippen LogP contribution in [0, 0.1) is 0 Å². The molecular formula is C14H17F3N6OS. The van der Waals surface area contributed by atoms with Gasteiger partial charge in [-0.2, -0.15) is 13.2 Å². The molecule has 1 amide bonds. The molecule has 2 N–H and O–H groups in total. The average Bonchev–Trinajstić information content (AvgIpc) is 2.96. The number of thioether (sulfide) groups is 1. The van der Waals surface area contributed by atoms with Crippen LogP contribution in [0.25, 0.3) is 0 Å². The lowest BCUT2D eigenvalue weighted by atomic mass is 10.3. The van der Waals surface area contributed by atoms with E-state index in [0.29, 0.717) is 24.1 Å². The first kappa shape index (κ1) is 19.0. The van der Waals surface area contributed by atoms with E-state index < -0.39 is 11.7 Å². The van der Waals surface area contributed by atoms with Gasteiger partial charge in [0.15, 0.2) is 5.16 Å². The predicted octanol–water partition coefficient (Wildman–Crippen LogP) is 1.94. The van der Waals surface area contributed by atoms with Gasteiger partial charge in [-0.25, -0.2) is 4.98 Å². The van der Waals surface area contributed by atoms with Crippen LogP contribution >= 0.6 is 11.8 Å². The number of carbonyl (C=O) groups excluding carboxylic acids is 1. The van der Waals surface area contributed by atoms with Gasteiger partial charge in [0.2, 0.25) is 5.91 Å². The van der Waals surface area contributed by atoms with Crippen LogP contribution in [0.3, 0.4) is 0 Å². The van der Waals surface area contributed by atoms with Gasteiger partial charge >= 0.3 is 6.18 Å². The van der Waals surface area contributed by atoms with Gasteiger partial charge in [0.05, 0.1) is 10.8 Å². The summed E-state index contributed by atoms with van der Waals surface area (Å²) < 4.78 is 39.0. The Morgan fingerprint density at radius 1 is 1.36 bits per heavy atom. The van der Waals surface area contributed by atoms with Gasteiger partial charge in [-0.05, 0) is 19.1 Å². The zero-order valence-corrected chi connectivity index (χ0v) is 14.4. The van der Waals surface area contributed by atoms with Crippen molar-refractivity contribution in [3.63, 3.8) is 0 Å². The summed E-state index contributed by atoms with van der Waals surface area (Å²) >= 11 is 1.28. The van der Waals surface area contributed by atoms with Crippen LogP contribution in [0.15, 0.2) is 29.8 Å². The molecule has 1 unspecified atom stereocenters. The van der Waals surface area contributed by atoms with Crippen LogP contribution < -0.4 is 10.6 Å². The summed E-state index contributed by atoms with van der Waals surface area (Å²) in [5.41, 5.74) is -0.805. The highest BCUT2D eigenvalue weighted by Gasteiger charge is 2.30. The number of pyridine rings is 1. The maximum absolute atomic E-state index is 12.4. The third-order valence-corrected chi connectivity index (χ3v) is 4.29. The van der Waals surface area contributed by atoms with Crippen molar-refractivity contribution in [3.8, 4) is 0 Å². The molecule has 11 heteroatoms. The molecule has 0 fully saturated rings. The zero-order valence-electron chi connectivity index (χ0n) is 13.5. The number of halogens is 3. The largest absolute Gasteiger partial charge is 0.417 e. The van der Waals surface area contributed by atoms with E-state index in [4.69, 9.17) is 0 Å². The highest BCUT2D eigenvalue weighted by Crippen LogP contribution is 2.28. The summed E-state index contributed by atoms with van der Waals surface area (Å²) in [7, 11) is 1.79. The van der Waals surface area contributed by atoms with Crippen LogP contribution in [0.1, 0.15) is 12.5 Å². The third-order valence-electron chi connectivity index (χ3n) is 3.14.